The molecule has 45 heavy (non-hydrogen) atoms. The molecule has 2 aliphatic heterocycles. The van der Waals surface area contributed by atoms with Crippen molar-refractivity contribution >= 4 is 16.7 Å². The smallest absolute Gasteiger partial charge is 0.320 e. The topological polar surface area (TPSA) is 92.1 Å². The number of carbonyl (C=O) groups is 1. The lowest BCUT2D eigenvalue weighted by molar-refractivity contribution is -0.170. The third-order valence-electron chi connectivity index (χ3n) is 12.1. The molecule has 3 unspecified atom stereocenters. The van der Waals surface area contributed by atoms with Crippen LogP contribution in [0, 0.1) is 11.3 Å². The van der Waals surface area contributed by atoms with Crippen molar-refractivity contribution in [2.45, 2.75) is 87.4 Å². The summed E-state index contributed by atoms with van der Waals surface area (Å²) in [6.07, 6.45) is 11.6. The molecule has 2 spiro atoms. The van der Waals surface area contributed by atoms with E-state index < -0.39 is 29.5 Å². The molecule has 7 heteroatoms. The van der Waals surface area contributed by atoms with E-state index in [2.05, 4.69) is 48.3 Å². The number of ether oxygens (including phenoxy) is 2. The Labute approximate surface area is 264 Å². The van der Waals surface area contributed by atoms with Gasteiger partial charge in [-0.1, -0.05) is 61.5 Å². The Morgan fingerprint density at radius 1 is 1.09 bits per heavy atom. The van der Waals surface area contributed by atoms with Crippen LogP contribution in [0.2, 0.25) is 0 Å². The molecule has 1 aromatic heterocycles. The molecule has 1 saturated heterocycles. The summed E-state index contributed by atoms with van der Waals surface area (Å²) in [5.41, 5.74) is 3.27. The Morgan fingerprint density at radius 2 is 1.93 bits per heavy atom. The first-order chi connectivity index (χ1) is 21.7. The largest absolute Gasteiger partial charge is 0.460 e. The number of pyridine rings is 1. The molecule has 3 aromatic rings. The minimum atomic E-state index is -1.06. The van der Waals surface area contributed by atoms with Gasteiger partial charge in [0.1, 0.15) is 12.7 Å². The van der Waals surface area contributed by atoms with Crippen LogP contribution in [0.25, 0.3) is 10.8 Å². The Kier molecular flexibility index (Phi) is 6.84. The maximum atomic E-state index is 12.8. The summed E-state index contributed by atoms with van der Waals surface area (Å²) in [7, 11) is 1.83. The zero-order valence-electron chi connectivity index (χ0n) is 26.1. The van der Waals surface area contributed by atoms with Crippen molar-refractivity contribution in [3.05, 3.63) is 101 Å². The quantitative estimate of drug-likeness (QED) is 0.360. The van der Waals surface area contributed by atoms with E-state index in [0.29, 0.717) is 18.3 Å². The number of fused-ring (bicyclic) bond motifs is 2. The highest BCUT2D eigenvalue weighted by molar-refractivity contribution is 5.82. The number of rotatable bonds is 6. The molecule has 2 bridgehead atoms. The summed E-state index contributed by atoms with van der Waals surface area (Å²) in [4.78, 5) is 19.0. The van der Waals surface area contributed by atoms with Crippen LogP contribution in [0.3, 0.4) is 0 Å². The first-order valence-electron chi connectivity index (χ1n) is 16.4. The average molecular weight is 607 g/mol. The zero-order valence-corrected chi connectivity index (χ0v) is 26.1. The minimum Gasteiger partial charge on any atom is -0.460 e. The van der Waals surface area contributed by atoms with E-state index in [-0.39, 0.29) is 24.5 Å². The monoisotopic (exact) mass is 606 g/mol. The molecule has 3 heterocycles. The number of hydrogen-bond donors (Lipinski definition) is 2. The number of benzene rings is 2. The summed E-state index contributed by atoms with van der Waals surface area (Å²) in [5.74, 6) is 0.415. The molecule has 2 saturated carbocycles. The van der Waals surface area contributed by atoms with Gasteiger partial charge >= 0.3 is 5.97 Å². The highest BCUT2D eigenvalue weighted by atomic mass is 16.5. The zero-order chi connectivity index (χ0) is 31.0. The fraction of sp³-hybridized carbons (Fsp3) is 0.474. The first-order valence-corrected chi connectivity index (χ1v) is 16.4. The molecule has 8 atom stereocenters. The third kappa shape index (κ3) is 4.46. The second-order valence-corrected chi connectivity index (χ2v) is 14.4. The molecular formula is C38H42N2O5. The average Bonchev–Trinajstić information content (AvgIpc) is 3.57. The first kappa shape index (κ1) is 29.1. The Bertz CT molecular complexity index is 1700. The number of likely N-dealkylation sites (N-methyl/N-ethyl adjacent to an activating group) is 1. The van der Waals surface area contributed by atoms with Gasteiger partial charge in [-0.25, -0.2) is 0 Å². The molecule has 234 valence electrons. The van der Waals surface area contributed by atoms with Gasteiger partial charge < -0.3 is 19.7 Å². The van der Waals surface area contributed by atoms with Crippen LogP contribution in [0.1, 0.15) is 62.5 Å². The predicted octanol–water partition coefficient (Wildman–Crippen LogP) is 5.46. The molecule has 0 amide bonds. The van der Waals surface area contributed by atoms with Crippen molar-refractivity contribution < 1.29 is 24.5 Å². The van der Waals surface area contributed by atoms with Crippen molar-refractivity contribution in [2.24, 2.45) is 11.3 Å². The summed E-state index contributed by atoms with van der Waals surface area (Å²) in [6.45, 7) is 2.68. The van der Waals surface area contributed by atoms with Gasteiger partial charge in [0.15, 0.2) is 0 Å². The van der Waals surface area contributed by atoms with E-state index in [9.17, 15) is 15.0 Å². The van der Waals surface area contributed by atoms with E-state index in [0.717, 1.165) is 43.2 Å². The van der Waals surface area contributed by atoms with Gasteiger partial charge in [-0.15, -0.1) is 0 Å². The lowest BCUT2D eigenvalue weighted by atomic mass is 9.58. The second-order valence-electron chi connectivity index (χ2n) is 14.4. The normalized spacial score (nSPS) is 36.6. The van der Waals surface area contributed by atoms with Crippen LogP contribution in [-0.2, 0) is 20.9 Å². The fourth-order valence-electron chi connectivity index (χ4n) is 9.82. The van der Waals surface area contributed by atoms with Crippen molar-refractivity contribution in [3.8, 4) is 0 Å². The van der Waals surface area contributed by atoms with E-state index in [1.807, 2.05) is 54.7 Å². The van der Waals surface area contributed by atoms with Crippen LogP contribution in [0.5, 0.6) is 0 Å². The van der Waals surface area contributed by atoms with Crippen LogP contribution >= 0.6 is 0 Å². The molecule has 0 radical (unpaired) electrons. The van der Waals surface area contributed by atoms with Gasteiger partial charge in [-0.3, -0.25) is 14.7 Å². The number of aliphatic hydroxyl groups excluding tert-OH is 2. The van der Waals surface area contributed by atoms with E-state index >= 15 is 0 Å². The number of aliphatic hydroxyl groups is 2. The van der Waals surface area contributed by atoms with Crippen molar-refractivity contribution in [3.63, 3.8) is 0 Å². The SMILES string of the molecule is CN(CC(=O)OCc1ccccc1)[C@H]1C[C@@]23CC[C@@]4(O2)C(=CCC2(C)C(c5ccc6ccncc6c5)CC[C@H]24)C=C3[C@@H](O)C1O. The maximum absolute atomic E-state index is 12.8. The van der Waals surface area contributed by atoms with Crippen LogP contribution in [-0.4, -0.2) is 69.1 Å². The fourth-order valence-corrected chi connectivity index (χ4v) is 9.82. The lowest BCUT2D eigenvalue weighted by Gasteiger charge is -2.56. The Morgan fingerprint density at radius 3 is 2.78 bits per heavy atom. The molecule has 2 aromatic carbocycles. The molecule has 2 N–H and O–H groups in total. The van der Waals surface area contributed by atoms with Gasteiger partial charge in [-0.2, -0.15) is 0 Å². The molecule has 8 rings (SSSR count). The second kappa shape index (κ2) is 10.6. The standard InChI is InChI=1S/C38H42N2O5/c1-36-14-12-28-19-30-34(42)35(43)31(40(2)22-33(41)44-23-24-6-4-3-5-7-24)20-37(30)15-16-38(28,45-37)32(36)11-10-29(36)26-9-8-25-13-17-39-21-27(25)18-26/h3-9,12-13,17-19,21,29,31-32,34-35,42-43H,10-11,14-16,20,22-23H2,1-2H3/t29?,31-,32+,34+,35?,36?,37+,38+/m0/s1. The van der Waals surface area contributed by atoms with Crippen LogP contribution in [0.4, 0.5) is 0 Å². The molecule has 3 fully saturated rings. The minimum absolute atomic E-state index is 0.0242. The van der Waals surface area contributed by atoms with Gasteiger partial charge in [0.05, 0.1) is 23.9 Å². The van der Waals surface area contributed by atoms with Gasteiger partial charge in [0.2, 0.25) is 0 Å². The van der Waals surface area contributed by atoms with Crippen molar-refractivity contribution in [1.82, 2.24) is 9.88 Å². The van der Waals surface area contributed by atoms with E-state index in [1.54, 1.807) is 0 Å². The van der Waals surface area contributed by atoms with Crippen molar-refractivity contribution in [1.29, 1.82) is 0 Å². The van der Waals surface area contributed by atoms with Crippen LogP contribution < -0.4 is 0 Å². The molecule has 7 nitrogen and oxygen atoms in total. The maximum Gasteiger partial charge on any atom is 0.320 e. The Hall–Kier alpha value is -3.36. The summed E-state index contributed by atoms with van der Waals surface area (Å²) < 4.78 is 12.9. The molecule has 3 aliphatic carbocycles. The third-order valence-corrected chi connectivity index (χ3v) is 12.1. The number of nitrogens with zero attached hydrogens (tertiary/aromatic N) is 2. The van der Waals surface area contributed by atoms with E-state index in [1.165, 1.54) is 21.9 Å². The van der Waals surface area contributed by atoms with Gasteiger partial charge in [0, 0.05) is 23.8 Å². The number of esters is 1. The van der Waals surface area contributed by atoms with Crippen molar-refractivity contribution in [2.75, 3.05) is 13.6 Å². The molecule has 5 aliphatic rings. The number of carbonyl (C=O) groups excluding carboxylic acids is 1. The highest BCUT2D eigenvalue weighted by Gasteiger charge is 2.68. The summed E-state index contributed by atoms with van der Waals surface area (Å²) in [6, 6.07) is 18.1. The predicted molar refractivity (Wildman–Crippen MR) is 171 cm³/mol. The van der Waals surface area contributed by atoms with E-state index in [4.69, 9.17) is 9.47 Å². The Balaban J connectivity index is 1.04. The molecular weight excluding hydrogens is 564 g/mol. The van der Waals surface area contributed by atoms with Gasteiger partial charge in [-0.05, 0) is 103 Å². The number of aromatic nitrogens is 1. The highest BCUT2D eigenvalue weighted by Crippen LogP contribution is 2.69. The lowest BCUT2D eigenvalue weighted by Crippen LogP contribution is -2.62. The summed E-state index contributed by atoms with van der Waals surface area (Å²) >= 11 is 0. The number of hydrogen-bond acceptors (Lipinski definition) is 7. The summed E-state index contributed by atoms with van der Waals surface area (Å²) in [5, 5.41) is 25.3. The number of allylic oxidation sites excluding steroid dienone is 1. The van der Waals surface area contributed by atoms with Crippen LogP contribution in [0.15, 0.2) is 90.3 Å². The van der Waals surface area contributed by atoms with Gasteiger partial charge in [0.25, 0.3) is 0 Å².